The number of hydrogen-bond donors (Lipinski definition) is 2. The molecule has 156 valence electrons. The number of benzene rings is 2. The topological polar surface area (TPSA) is 126 Å². The van der Waals surface area contributed by atoms with Crippen molar-refractivity contribution in [2.24, 2.45) is 10.3 Å². The van der Waals surface area contributed by atoms with Gasteiger partial charge in [-0.2, -0.15) is 4.68 Å². The molecule has 2 aromatic carbocycles. The normalized spacial score (nSPS) is 11.3. The zero-order valence-corrected chi connectivity index (χ0v) is 16.9. The molecule has 10 nitrogen and oxygen atoms in total. The molecule has 0 saturated heterocycles. The molecule has 0 radical (unpaired) electrons. The highest BCUT2D eigenvalue weighted by Crippen LogP contribution is 2.19. The minimum absolute atomic E-state index is 0.0305. The average Bonchev–Trinajstić information content (AvgIpc) is 3.05. The van der Waals surface area contributed by atoms with Crippen molar-refractivity contribution in [1.29, 1.82) is 0 Å². The number of hydrogen-bond acceptors (Lipinski definition) is 6. The lowest BCUT2D eigenvalue weighted by Gasteiger charge is -2.08. The van der Waals surface area contributed by atoms with Gasteiger partial charge in [-0.15, -0.1) is 5.11 Å². The Kier molecular flexibility index (Phi) is 5.27. The van der Waals surface area contributed by atoms with Gasteiger partial charge in [-0.3, -0.25) is 19.5 Å². The lowest BCUT2D eigenvalue weighted by molar-refractivity contribution is -0.119. The van der Waals surface area contributed by atoms with E-state index >= 15 is 0 Å². The minimum atomic E-state index is -0.474. The molecule has 0 atom stereocenters. The van der Waals surface area contributed by atoms with Crippen molar-refractivity contribution >= 4 is 22.5 Å². The fourth-order valence-corrected chi connectivity index (χ4v) is 3.08. The standard InChI is InChI=1S/C21H19N7O3/c1-13-18(21(31)27(25-13)12-22-14(2)29)24-26-28-19(15-8-4-3-5-9-15)23-17-11-7-6-10-16(17)20(28)30/h3-11,25H,12H2,1-2H3,(H,22,29). The van der Waals surface area contributed by atoms with Gasteiger partial charge in [0.15, 0.2) is 11.5 Å². The van der Waals surface area contributed by atoms with Crippen LogP contribution in [-0.2, 0) is 11.5 Å². The van der Waals surface area contributed by atoms with E-state index in [-0.39, 0.29) is 18.3 Å². The number of amides is 1. The summed E-state index contributed by atoms with van der Waals surface area (Å²) in [5.74, 6) is 0.0310. The van der Waals surface area contributed by atoms with Gasteiger partial charge in [-0.05, 0) is 19.1 Å². The van der Waals surface area contributed by atoms with Gasteiger partial charge < -0.3 is 5.32 Å². The number of carbonyl (C=O) groups is 1. The van der Waals surface area contributed by atoms with Crippen LogP contribution in [0, 0.1) is 6.92 Å². The Hall–Kier alpha value is -4.34. The van der Waals surface area contributed by atoms with E-state index in [4.69, 9.17) is 0 Å². The largest absolute Gasteiger partial charge is 0.337 e. The van der Waals surface area contributed by atoms with E-state index < -0.39 is 11.1 Å². The van der Waals surface area contributed by atoms with Crippen molar-refractivity contribution in [3.63, 3.8) is 0 Å². The molecule has 4 aromatic rings. The average molecular weight is 417 g/mol. The first-order valence-electron chi connectivity index (χ1n) is 9.49. The highest BCUT2D eigenvalue weighted by Gasteiger charge is 2.14. The van der Waals surface area contributed by atoms with Gasteiger partial charge in [0.2, 0.25) is 5.91 Å². The molecule has 2 heterocycles. The minimum Gasteiger partial charge on any atom is -0.337 e. The molecule has 0 bridgehead atoms. The van der Waals surface area contributed by atoms with Crippen LogP contribution in [-0.4, -0.2) is 25.3 Å². The number of aromatic nitrogens is 4. The molecule has 0 saturated carbocycles. The van der Waals surface area contributed by atoms with E-state index in [1.807, 2.05) is 30.3 Å². The van der Waals surface area contributed by atoms with Crippen molar-refractivity contribution in [3.8, 4) is 11.4 Å². The quantitative estimate of drug-likeness (QED) is 0.484. The van der Waals surface area contributed by atoms with Crippen LogP contribution in [0.1, 0.15) is 12.6 Å². The molecule has 0 spiro atoms. The molecule has 10 heteroatoms. The Morgan fingerprint density at radius 3 is 2.52 bits per heavy atom. The lowest BCUT2D eigenvalue weighted by Crippen LogP contribution is -2.29. The maximum absolute atomic E-state index is 13.1. The van der Waals surface area contributed by atoms with Crippen molar-refractivity contribution in [2.75, 3.05) is 0 Å². The van der Waals surface area contributed by atoms with Gasteiger partial charge in [0.05, 0.1) is 16.6 Å². The van der Waals surface area contributed by atoms with Crippen molar-refractivity contribution in [1.82, 2.24) is 24.8 Å². The van der Waals surface area contributed by atoms with Crippen molar-refractivity contribution in [3.05, 3.63) is 81.0 Å². The maximum Gasteiger partial charge on any atom is 0.296 e. The monoisotopic (exact) mass is 417 g/mol. The number of para-hydroxylation sites is 1. The van der Waals surface area contributed by atoms with Crippen LogP contribution in [0.4, 0.5) is 5.69 Å². The van der Waals surface area contributed by atoms with Crippen molar-refractivity contribution in [2.45, 2.75) is 20.5 Å². The summed E-state index contributed by atoms with van der Waals surface area (Å²) in [4.78, 5) is 41.4. The second-order valence-electron chi connectivity index (χ2n) is 6.83. The molecule has 0 aliphatic heterocycles. The fraction of sp³-hybridized carbons (Fsp3) is 0.143. The van der Waals surface area contributed by atoms with E-state index in [1.54, 1.807) is 31.2 Å². The molecule has 1 amide bonds. The number of nitrogens with one attached hydrogen (secondary N) is 2. The predicted octanol–water partition coefficient (Wildman–Crippen LogP) is 2.50. The molecule has 0 aliphatic carbocycles. The Morgan fingerprint density at radius 2 is 1.77 bits per heavy atom. The van der Waals surface area contributed by atoms with Crippen LogP contribution in [0.2, 0.25) is 0 Å². The van der Waals surface area contributed by atoms with Crippen LogP contribution in [0.5, 0.6) is 0 Å². The SMILES string of the molecule is CC(=O)NCn1[nH]c(C)c(N=Nn2c(-c3ccccc3)nc3ccccc3c2=O)c1=O. The Balaban J connectivity index is 1.84. The Morgan fingerprint density at radius 1 is 1.06 bits per heavy atom. The molecular formula is C21H19N7O3. The highest BCUT2D eigenvalue weighted by molar-refractivity contribution is 5.79. The van der Waals surface area contributed by atoms with Crippen LogP contribution < -0.4 is 16.4 Å². The maximum atomic E-state index is 13.1. The summed E-state index contributed by atoms with van der Waals surface area (Å²) in [6.07, 6.45) is 0. The zero-order chi connectivity index (χ0) is 22.0. The lowest BCUT2D eigenvalue weighted by atomic mass is 10.2. The second-order valence-corrected chi connectivity index (χ2v) is 6.83. The van der Waals surface area contributed by atoms with Gasteiger partial charge in [0.25, 0.3) is 11.1 Å². The molecule has 2 aromatic heterocycles. The highest BCUT2D eigenvalue weighted by atomic mass is 16.2. The number of aromatic amines is 1. The summed E-state index contributed by atoms with van der Waals surface area (Å²) in [6.45, 7) is 2.97. The summed E-state index contributed by atoms with van der Waals surface area (Å²) >= 11 is 0. The van der Waals surface area contributed by atoms with Gasteiger partial charge in [0.1, 0.15) is 6.67 Å². The molecule has 0 fully saturated rings. The second kappa shape index (κ2) is 8.19. The van der Waals surface area contributed by atoms with Crippen LogP contribution in [0.15, 0.2) is 74.5 Å². The van der Waals surface area contributed by atoms with E-state index in [9.17, 15) is 14.4 Å². The summed E-state index contributed by atoms with van der Waals surface area (Å²) in [6, 6.07) is 16.1. The first-order valence-corrected chi connectivity index (χ1v) is 9.49. The van der Waals surface area contributed by atoms with Gasteiger partial charge in [0, 0.05) is 12.5 Å². The van der Waals surface area contributed by atoms with E-state index in [2.05, 4.69) is 25.7 Å². The van der Waals surface area contributed by atoms with Gasteiger partial charge in [-0.1, -0.05) is 47.7 Å². The van der Waals surface area contributed by atoms with E-state index in [0.29, 0.717) is 28.0 Å². The number of H-pyrrole nitrogens is 1. The first-order chi connectivity index (χ1) is 15.0. The van der Waals surface area contributed by atoms with E-state index in [1.165, 1.54) is 11.6 Å². The fourth-order valence-electron chi connectivity index (χ4n) is 3.08. The molecule has 4 rings (SSSR count). The third-order valence-corrected chi connectivity index (χ3v) is 4.61. The molecule has 31 heavy (non-hydrogen) atoms. The number of rotatable bonds is 5. The third kappa shape index (κ3) is 3.90. The number of fused-ring (bicyclic) bond motifs is 1. The smallest absolute Gasteiger partial charge is 0.296 e. The summed E-state index contributed by atoms with van der Waals surface area (Å²) in [7, 11) is 0. The number of aryl methyl sites for hydroxylation is 1. The molecule has 2 N–H and O–H groups in total. The molecule has 0 aliphatic rings. The number of carbonyl (C=O) groups excluding carboxylic acids is 1. The summed E-state index contributed by atoms with van der Waals surface area (Å²) < 4.78 is 2.28. The van der Waals surface area contributed by atoms with E-state index in [0.717, 1.165) is 4.68 Å². The zero-order valence-electron chi connectivity index (χ0n) is 16.9. The first kappa shape index (κ1) is 20.0. The van der Waals surface area contributed by atoms with Gasteiger partial charge >= 0.3 is 0 Å². The van der Waals surface area contributed by atoms with Crippen LogP contribution >= 0.6 is 0 Å². The number of nitrogens with zero attached hydrogens (tertiary/aromatic N) is 5. The third-order valence-electron chi connectivity index (χ3n) is 4.61. The van der Waals surface area contributed by atoms with Crippen LogP contribution in [0.3, 0.4) is 0 Å². The summed E-state index contributed by atoms with van der Waals surface area (Å²) in [5, 5.41) is 13.9. The summed E-state index contributed by atoms with van der Waals surface area (Å²) in [5.41, 5.74) is 0.816. The Labute approximate surface area is 175 Å². The Bertz CT molecular complexity index is 1410. The van der Waals surface area contributed by atoms with Crippen molar-refractivity contribution < 1.29 is 4.79 Å². The molecule has 0 unspecified atom stereocenters. The van der Waals surface area contributed by atoms with Gasteiger partial charge in [-0.25, -0.2) is 9.67 Å². The predicted molar refractivity (Wildman–Crippen MR) is 115 cm³/mol. The molecular weight excluding hydrogens is 398 g/mol. The van der Waals surface area contributed by atoms with Crippen LogP contribution in [0.25, 0.3) is 22.3 Å².